The summed E-state index contributed by atoms with van der Waals surface area (Å²) < 4.78 is 0. The molecule has 1 aliphatic heterocycles. The number of aryl methyl sites for hydroxylation is 3. The van der Waals surface area contributed by atoms with Gasteiger partial charge in [-0.05, 0) is 83.3 Å². The number of thiophene rings is 1. The summed E-state index contributed by atoms with van der Waals surface area (Å²) in [6, 6.07) is 6.53. The molecule has 2 aromatic heterocycles. The van der Waals surface area contributed by atoms with E-state index >= 15 is 0 Å². The van der Waals surface area contributed by atoms with E-state index in [0.717, 1.165) is 17.7 Å². The Morgan fingerprint density at radius 2 is 2.00 bits per heavy atom. The standard InChI is InChI=1S/C20H28N2OS/c1-3-16-14-18(15(2)21-20(16)23)19-10-9-17(24-19)8-4-5-11-22-12-6-7-13-22/h9-10,14H,3-8,11-13H2,1-2H3,(H,21,23). The fraction of sp³-hybridized carbons (Fsp3) is 0.550. The van der Waals surface area contributed by atoms with Gasteiger partial charge in [-0.15, -0.1) is 11.3 Å². The van der Waals surface area contributed by atoms with E-state index in [9.17, 15) is 4.79 Å². The van der Waals surface area contributed by atoms with Gasteiger partial charge >= 0.3 is 0 Å². The second-order valence-corrected chi connectivity index (χ2v) is 7.96. The SMILES string of the molecule is CCc1cc(-c2ccc(CCCCN3CCCC3)s2)c(C)[nH]c1=O. The fourth-order valence-corrected chi connectivity index (χ4v) is 4.61. The van der Waals surface area contributed by atoms with Crippen LogP contribution >= 0.6 is 11.3 Å². The molecule has 4 heteroatoms. The number of hydrogen-bond acceptors (Lipinski definition) is 3. The van der Waals surface area contributed by atoms with Gasteiger partial charge in [0.05, 0.1) is 0 Å². The lowest BCUT2D eigenvalue weighted by Gasteiger charge is -2.13. The molecule has 130 valence electrons. The molecule has 0 aromatic carbocycles. The van der Waals surface area contributed by atoms with E-state index in [0.29, 0.717) is 0 Å². The van der Waals surface area contributed by atoms with Gasteiger partial charge in [-0.1, -0.05) is 6.92 Å². The van der Waals surface area contributed by atoms with Gasteiger partial charge in [0.2, 0.25) is 0 Å². The zero-order valence-electron chi connectivity index (χ0n) is 14.9. The lowest BCUT2D eigenvalue weighted by Crippen LogP contribution is -2.20. The van der Waals surface area contributed by atoms with Crippen molar-refractivity contribution >= 4 is 11.3 Å². The highest BCUT2D eigenvalue weighted by Crippen LogP contribution is 2.30. The lowest BCUT2D eigenvalue weighted by atomic mass is 10.1. The van der Waals surface area contributed by atoms with Crippen molar-refractivity contribution in [3.05, 3.63) is 44.7 Å². The van der Waals surface area contributed by atoms with E-state index < -0.39 is 0 Å². The number of unbranched alkanes of at least 4 members (excludes halogenated alkanes) is 1. The molecule has 0 radical (unpaired) electrons. The summed E-state index contributed by atoms with van der Waals surface area (Å²) in [4.78, 5) is 20.2. The highest BCUT2D eigenvalue weighted by molar-refractivity contribution is 7.15. The summed E-state index contributed by atoms with van der Waals surface area (Å²) in [6.07, 6.45) is 7.27. The van der Waals surface area contributed by atoms with E-state index in [1.165, 1.54) is 67.1 Å². The summed E-state index contributed by atoms with van der Waals surface area (Å²) in [5.74, 6) is 0. The molecule has 1 saturated heterocycles. The molecular formula is C20H28N2OS. The number of nitrogens with one attached hydrogen (secondary N) is 1. The zero-order chi connectivity index (χ0) is 16.9. The van der Waals surface area contributed by atoms with Crippen molar-refractivity contribution in [2.75, 3.05) is 19.6 Å². The van der Waals surface area contributed by atoms with Gasteiger partial charge in [-0.3, -0.25) is 4.79 Å². The van der Waals surface area contributed by atoms with Crippen LogP contribution in [0.25, 0.3) is 10.4 Å². The van der Waals surface area contributed by atoms with Crippen LogP contribution in [0.2, 0.25) is 0 Å². The molecule has 3 nitrogen and oxygen atoms in total. The Labute approximate surface area is 148 Å². The molecule has 1 N–H and O–H groups in total. The van der Waals surface area contributed by atoms with Crippen LogP contribution in [0.4, 0.5) is 0 Å². The average molecular weight is 345 g/mol. The van der Waals surface area contributed by atoms with Gasteiger partial charge in [0.25, 0.3) is 5.56 Å². The first kappa shape index (κ1) is 17.4. The maximum atomic E-state index is 11.9. The Kier molecular flexibility index (Phi) is 5.90. The lowest BCUT2D eigenvalue weighted by molar-refractivity contribution is 0.330. The molecular weight excluding hydrogens is 316 g/mol. The van der Waals surface area contributed by atoms with E-state index in [1.807, 2.05) is 25.2 Å². The molecule has 0 aliphatic carbocycles. The summed E-state index contributed by atoms with van der Waals surface area (Å²) in [5.41, 5.74) is 3.08. The third-order valence-electron chi connectivity index (χ3n) is 4.97. The molecule has 1 fully saturated rings. The minimum atomic E-state index is 0.0532. The predicted octanol–water partition coefficient (Wildman–Crippen LogP) is 4.39. The number of H-pyrrole nitrogens is 1. The predicted molar refractivity (Wildman–Crippen MR) is 103 cm³/mol. The number of pyridine rings is 1. The third kappa shape index (κ3) is 4.17. The first-order valence-corrected chi connectivity index (χ1v) is 10.0. The van der Waals surface area contributed by atoms with Crippen molar-refractivity contribution in [2.24, 2.45) is 0 Å². The summed E-state index contributed by atoms with van der Waals surface area (Å²) in [6.45, 7) is 7.88. The van der Waals surface area contributed by atoms with Crippen molar-refractivity contribution in [3.8, 4) is 10.4 Å². The first-order chi connectivity index (χ1) is 11.7. The molecule has 3 rings (SSSR count). The van der Waals surface area contributed by atoms with Crippen molar-refractivity contribution in [1.29, 1.82) is 0 Å². The van der Waals surface area contributed by atoms with Gasteiger partial charge in [0, 0.05) is 26.6 Å². The van der Waals surface area contributed by atoms with Crippen LogP contribution in [-0.2, 0) is 12.8 Å². The van der Waals surface area contributed by atoms with Crippen LogP contribution in [0.5, 0.6) is 0 Å². The van der Waals surface area contributed by atoms with Gasteiger partial charge in [-0.2, -0.15) is 0 Å². The normalized spacial score (nSPS) is 15.2. The number of hydrogen-bond donors (Lipinski definition) is 1. The van der Waals surface area contributed by atoms with Crippen LogP contribution in [0, 0.1) is 6.92 Å². The Morgan fingerprint density at radius 1 is 1.21 bits per heavy atom. The smallest absolute Gasteiger partial charge is 0.251 e. The molecule has 24 heavy (non-hydrogen) atoms. The number of aromatic amines is 1. The number of rotatable bonds is 7. The number of nitrogens with zero attached hydrogens (tertiary/aromatic N) is 1. The van der Waals surface area contributed by atoms with Crippen molar-refractivity contribution in [1.82, 2.24) is 9.88 Å². The topological polar surface area (TPSA) is 36.1 Å². The highest BCUT2D eigenvalue weighted by atomic mass is 32.1. The van der Waals surface area contributed by atoms with Crippen LogP contribution in [-0.4, -0.2) is 29.5 Å². The monoisotopic (exact) mass is 344 g/mol. The molecule has 0 unspecified atom stereocenters. The maximum absolute atomic E-state index is 11.9. The Morgan fingerprint density at radius 3 is 2.75 bits per heavy atom. The molecule has 3 heterocycles. The molecule has 0 bridgehead atoms. The van der Waals surface area contributed by atoms with Gasteiger partial charge < -0.3 is 9.88 Å². The second-order valence-electron chi connectivity index (χ2n) is 6.79. The summed E-state index contributed by atoms with van der Waals surface area (Å²) in [5, 5.41) is 0. The Hall–Kier alpha value is -1.39. The van der Waals surface area contributed by atoms with Crippen molar-refractivity contribution < 1.29 is 0 Å². The van der Waals surface area contributed by atoms with E-state index in [-0.39, 0.29) is 5.56 Å². The first-order valence-electron chi connectivity index (χ1n) is 9.21. The van der Waals surface area contributed by atoms with Crippen molar-refractivity contribution in [3.63, 3.8) is 0 Å². The number of likely N-dealkylation sites (tertiary alicyclic amines) is 1. The minimum absolute atomic E-state index is 0.0532. The van der Waals surface area contributed by atoms with Crippen LogP contribution in [0.15, 0.2) is 23.0 Å². The van der Waals surface area contributed by atoms with E-state index in [1.54, 1.807) is 0 Å². The Balaban J connectivity index is 1.60. The maximum Gasteiger partial charge on any atom is 0.251 e. The molecule has 0 amide bonds. The second kappa shape index (κ2) is 8.13. The zero-order valence-corrected chi connectivity index (χ0v) is 15.7. The fourth-order valence-electron chi connectivity index (χ4n) is 3.48. The van der Waals surface area contributed by atoms with E-state index in [4.69, 9.17) is 0 Å². The molecule has 0 spiro atoms. The van der Waals surface area contributed by atoms with Crippen LogP contribution < -0.4 is 5.56 Å². The molecule has 0 atom stereocenters. The van der Waals surface area contributed by atoms with Crippen molar-refractivity contribution in [2.45, 2.75) is 52.4 Å². The van der Waals surface area contributed by atoms with Gasteiger partial charge in [0.1, 0.15) is 0 Å². The molecule has 2 aromatic rings. The molecule has 1 aliphatic rings. The quantitative estimate of drug-likeness (QED) is 0.756. The van der Waals surface area contributed by atoms with Gasteiger partial charge in [-0.25, -0.2) is 0 Å². The average Bonchev–Trinajstić information content (AvgIpc) is 3.23. The van der Waals surface area contributed by atoms with E-state index in [2.05, 4.69) is 28.1 Å². The van der Waals surface area contributed by atoms with Crippen LogP contribution in [0.1, 0.15) is 48.7 Å². The summed E-state index contributed by atoms with van der Waals surface area (Å²) >= 11 is 1.87. The highest BCUT2D eigenvalue weighted by Gasteiger charge is 2.11. The largest absolute Gasteiger partial charge is 0.326 e. The minimum Gasteiger partial charge on any atom is -0.326 e. The number of aromatic nitrogens is 1. The summed E-state index contributed by atoms with van der Waals surface area (Å²) in [7, 11) is 0. The molecule has 0 saturated carbocycles. The third-order valence-corrected chi connectivity index (χ3v) is 6.15. The Bertz CT molecular complexity index is 725. The van der Waals surface area contributed by atoms with Crippen LogP contribution in [0.3, 0.4) is 0 Å². The van der Waals surface area contributed by atoms with Gasteiger partial charge in [0.15, 0.2) is 0 Å².